The molecule has 2 amide bonds. The highest BCUT2D eigenvalue weighted by Crippen LogP contribution is 2.39. The lowest BCUT2D eigenvalue weighted by Crippen LogP contribution is -2.40. The molecule has 11 heteroatoms. The number of anilines is 2. The number of fused-ring (bicyclic) bond motifs is 1. The van der Waals surface area contributed by atoms with Gasteiger partial charge in [-0.25, -0.2) is 9.97 Å². The maximum absolute atomic E-state index is 13.3. The Morgan fingerprint density at radius 3 is 2.51 bits per heavy atom. The number of carbonyl (C=O) groups excluding carboxylic acids is 2. The Kier molecular flexibility index (Phi) is 9.03. The number of nitrogens with one attached hydrogen (secondary N) is 2. The van der Waals surface area contributed by atoms with Gasteiger partial charge in [-0.1, -0.05) is 6.07 Å². The van der Waals surface area contributed by atoms with Gasteiger partial charge in [0.1, 0.15) is 28.7 Å². The molecule has 3 aromatic rings. The Bertz CT molecular complexity index is 1280. The topological polar surface area (TPSA) is 133 Å². The molecule has 4 rings (SSSR count). The van der Waals surface area contributed by atoms with Gasteiger partial charge in [0.15, 0.2) is 0 Å². The first-order valence-corrected chi connectivity index (χ1v) is 13.2. The quantitative estimate of drug-likeness (QED) is 0.332. The number of likely N-dealkylation sites (N-methyl/N-ethyl adjacent to an activating group) is 2. The summed E-state index contributed by atoms with van der Waals surface area (Å²) >= 11 is 0. The first-order chi connectivity index (χ1) is 18.7. The minimum absolute atomic E-state index is 0.0101. The molecular weight excluding hydrogens is 500 g/mol. The third kappa shape index (κ3) is 6.66. The van der Waals surface area contributed by atoms with Crippen molar-refractivity contribution in [2.75, 3.05) is 52.0 Å². The van der Waals surface area contributed by atoms with Crippen molar-refractivity contribution < 1.29 is 23.8 Å². The Balaban J connectivity index is 1.49. The molecule has 39 heavy (non-hydrogen) atoms. The van der Waals surface area contributed by atoms with E-state index in [1.165, 1.54) is 13.3 Å². The third-order valence-electron chi connectivity index (χ3n) is 7.24. The van der Waals surface area contributed by atoms with Gasteiger partial charge in [0.25, 0.3) is 5.91 Å². The Hall–Kier alpha value is -3.70. The monoisotopic (exact) mass is 538 g/mol. The summed E-state index contributed by atoms with van der Waals surface area (Å²) in [5, 5.41) is 17.5. The molecule has 3 heterocycles. The van der Waals surface area contributed by atoms with Gasteiger partial charge in [-0.2, -0.15) is 0 Å². The van der Waals surface area contributed by atoms with Crippen molar-refractivity contribution >= 4 is 34.3 Å². The molecule has 3 aromatic heterocycles. The molecule has 11 nitrogen and oxygen atoms in total. The third-order valence-corrected chi connectivity index (χ3v) is 7.24. The van der Waals surface area contributed by atoms with E-state index in [2.05, 4.69) is 25.5 Å². The summed E-state index contributed by atoms with van der Waals surface area (Å²) in [5.41, 5.74) is 1.66. The lowest BCUT2D eigenvalue weighted by Gasteiger charge is -2.33. The van der Waals surface area contributed by atoms with Gasteiger partial charge in [0, 0.05) is 50.4 Å². The Morgan fingerprint density at radius 2 is 1.87 bits per heavy atom. The number of nitrogens with zero attached hydrogens (tertiary/aromatic N) is 4. The smallest absolute Gasteiger partial charge is 0.294 e. The first-order valence-electron chi connectivity index (χ1n) is 13.2. The number of aryl methyl sites for hydroxylation is 1. The van der Waals surface area contributed by atoms with Crippen LogP contribution in [0.2, 0.25) is 0 Å². The number of ether oxygens (including phenoxy) is 1. The molecular formula is C28H38N6O5. The van der Waals surface area contributed by atoms with Crippen molar-refractivity contribution in [1.29, 1.82) is 0 Å². The van der Waals surface area contributed by atoms with Crippen LogP contribution in [0.3, 0.4) is 0 Å². The molecule has 1 fully saturated rings. The highest BCUT2D eigenvalue weighted by molar-refractivity contribution is 6.12. The minimum Gasteiger partial charge on any atom is -0.480 e. The van der Waals surface area contributed by atoms with Crippen molar-refractivity contribution in [3.8, 4) is 5.88 Å². The zero-order valence-electron chi connectivity index (χ0n) is 23.2. The van der Waals surface area contributed by atoms with E-state index in [0.29, 0.717) is 54.7 Å². The maximum Gasteiger partial charge on any atom is 0.294 e. The minimum atomic E-state index is -0.970. The fraction of sp³-hybridized carbons (Fsp3) is 0.500. The number of rotatable bonds is 10. The lowest BCUT2D eigenvalue weighted by molar-refractivity contribution is -0.135. The van der Waals surface area contributed by atoms with Crippen LogP contribution in [0.4, 0.5) is 11.5 Å². The van der Waals surface area contributed by atoms with Gasteiger partial charge in [-0.3, -0.25) is 9.59 Å². The number of aliphatic hydroxyl groups is 1. The summed E-state index contributed by atoms with van der Waals surface area (Å²) in [5.74, 6) is 0.109. The molecule has 0 spiro atoms. The van der Waals surface area contributed by atoms with E-state index in [1.807, 2.05) is 34.1 Å². The highest BCUT2D eigenvalue weighted by Gasteiger charge is 2.33. The average Bonchev–Trinajstić information content (AvgIpc) is 3.31. The van der Waals surface area contributed by atoms with E-state index in [0.717, 1.165) is 12.1 Å². The van der Waals surface area contributed by atoms with Crippen LogP contribution in [0.5, 0.6) is 5.88 Å². The molecule has 1 saturated carbocycles. The number of methoxy groups -OCH3 is 1. The zero-order valence-corrected chi connectivity index (χ0v) is 23.2. The second-order valence-corrected chi connectivity index (χ2v) is 10.4. The predicted octanol–water partition coefficient (Wildman–Crippen LogP) is 3.35. The molecule has 1 atom stereocenters. The SMILES string of the molecule is COc1nccc2oc(C(=O)Nc3ccc(C)cn3)c(NC(O)C3CCC(C(=O)N(C)CCN(C)C)CC3)c12. The van der Waals surface area contributed by atoms with Crippen LogP contribution < -0.4 is 15.4 Å². The summed E-state index contributed by atoms with van der Waals surface area (Å²) in [6.07, 6.45) is 4.95. The van der Waals surface area contributed by atoms with E-state index in [-0.39, 0.29) is 29.4 Å². The van der Waals surface area contributed by atoms with E-state index < -0.39 is 12.1 Å². The van der Waals surface area contributed by atoms with Gasteiger partial charge in [0.2, 0.25) is 17.5 Å². The molecule has 210 valence electrons. The first kappa shape index (κ1) is 28.3. The maximum atomic E-state index is 13.3. The van der Waals surface area contributed by atoms with Crippen molar-refractivity contribution in [3.05, 3.63) is 41.9 Å². The van der Waals surface area contributed by atoms with E-state index in [9.17, 15) is 14.7 Å². The zero-order chi connectivity index (χ0) is 28.1. The molecule has 3 N–H and O–H groups in total. The number of aromatic nitrogens is 2. The average molecular weight is 539 g/mol. The van der Waals surface area contributed by atoms with Gasteiger partial charge >= 0.3 is 0 Å². The van der Waals surface area contributed by atoms with Crippen LogP contribution in [0.15, 0.2) is 35.0 Å². The molecule has 0 radical (unpaired) electrons. The number of amides is 2. The molecule has 0 bridgehead atoms. The van der Waals surface area contributed by atoms with Crippen LogP contribution in [-0.4, -0.2) is 84.3 Å². The summed E-state index contributed by atoms with van der Waals surface area (Å²) in [6, 6.07) is 5.19. The van der Waals surface area contributed by atoms with Crippen LogP contribution in [-0.2, 0) is 4.79 Å². The fourth-order valence-electron chi connectivity index (χ4n) is 4.90. The lowest BCUT2D eigenvalue weighted by atomic mass is 9.80. The number of hydrogen-bond acceptors (Lipinski definition) is 9. The Labute approximate surface area is 228 Å². The number of pyridine rings is 2. The van der Waals surface area contributed by atoms with Gasteiger partial charge in [-0.15, -0.1) is 0 Å². The predicted molar refractivity (Wildman–Crippen MR) is 149 cm³/mol. The molecule has 0 aliphatic heterocycles. The highest BCUT2D eigenvalue weighted by atomic mass is 16.5. The van der Waals surface area contributed by atoms with Crippen molar-refractivity contribution in [3.63, 3.8) is 0 Å². The van der Waals surface area contributed by atoms with Crippen LogP contribution >= 0.6 is 0 Å². The van der Waals surface area contributed by atoms with Crippen molar-refractivity contribution in [2.45, 2.75) is 38.8 Å². The number of hydrogen-bond donors (Lipinski definition) is 3. The van der Waals surface area contributed by atoms with Gasteiger partial charge in [-0.05, 0) is 58.3 Å². The molecule has 0 saturated heterocycles. The fourth-order valence-corrected chi connectivity index (χ4v) is 4.90. The number of carbonyl (C=O) groups is 2. The number of furan rings is 1. The normalized spacial score (nSPS) is 18.1. The van der Waals surface area contributed by atoms with E-state index >= 15 is 0 Å². The van der Waals surface area contributed by atoms with Crippen LogP contribution in [0, 0.1) is 18.8 Å². The van der Waals surface area contributed by atoms with Gasteiger partial charge in [0.05, 0.1) is 7.11 Å². The van der Waals surface area contributed by atoms with E-state index in [1.54, 1.807) is 23.2 Å². The van der Waals surface area contributed by atoms with Crippen molar-refractivity contribution in [2.24, 2.45) is 11.8 Å². The molecule has 1 aliphatic rings. The summed E-state index contributed by atoms with van der Waals surface area (Å²) in [6.45, 7) is 3.41. The standard InChI is InChI=1S/C28H38N6O5/c1-17-6-11-21(30-16-17)31-26(36)24-23(22-20(39-24)12-13-29-27(22)38-5)32-25(35)18-7-9-19(10-8-18)28(37)34(4)15-14-33(2)3/h6,11-13,16,18-19,25,32,35H,7-10,14-15H2,1-5H3,(H,30,31,36). The van der Waals surface area contributed by atoms with E-state index in [4.69, 9.17) is 9.15 Å². The van der Waals surface area contributed by atoms with Crippen LogP contribution in [0.1, 0.15) is 41.8 Å². The summed E-state index contributed by atoms with van der Waals surface area (Å²) in [7, 11) is 7.31. The molecule has 1 aliphatic carbocycles. The van der Waals surface area contributed by atoms with Gasteiger partial charge < -0.3 is 34.7 Å². The molecule has 0 aromatic carbocycles. The summed E-state index contributed by atoms with van der Waals surface area (Å²) in [4.78, 5) is 38.5. The van der Waals surface area contributed by atoms with Crippen molar-refractivity contribution in [1.82, 2.24) is 19.8 Å². The largest absolute Gasteiger partial charge is 0.480 e. The second kappa shape index (κ2) is 12.4. The summed E-state index contributed by atoms with van der Waals surface area (Å²) < 4.78 is 11.4. The number of aliphatic hydroxyl groups excluding tert-OH is 1. The van der Waals surface area contributed by atoms with Crippen LogP contribution in [0.25, 0.3) is 11.0 Å². The Morgan fingerprint density at radius 1 is 1.13 bits per heavy atom. The molecule has 1 unspecified atom stereocenters. The second-order valence-electron chi connectivity index (χ2n) is 10.4.